The molecular formula is C14H18ClN5. The molecule has 0 spiro atoms. The van der Waals surface area contributed by atoms with Crippen molar-refractivity contribution in [2.24, 2.45) is 17.4 Å². The summed E-state index contributed by atoms with van der Waals surface area (Å²) in [6.07, 6.45) is 0. The lowest BCUT2D eigenvalue weighted by atomic mass is 10.1. The van der Waals surface area contributed by atoms with Crippen LogP contribution in [0.5, 0.6) is 0 Å². The number of nitrogens with two attached hydrogens (primary N) is 3. The summed E-state index contributed by atoms with van der Waals surface area (Å²) < 4.78 is 0. The Labute approximate surface area is 123 Å². The standard InChI is InChI=1S/C14H14ClN3.H4N2/c15-12-6-4-10(5-7-12)9-18-13-3-1-2-11(8-13)14(16)17;1-2/h1-8,18H,9H2,(H3,16,17);1-2H2. The molecule has 0 fully saturated rings. The summed E-state index contributed by atoms with van der Waals surface area (Å²) >= 11 is 5.83. The van der Waals surface area contributed by atoms with Crippen LogP contribution in [-0.4, -0.2) is 5.84 Å². The van der Waals surface area contributed by atoms with E-state index in [1.165, 1.54) is 0 Å². The molecule has 0 radical (unpaired) electrons. The number of rotatable bonds is 4. The first-order valence-corrected chi connectivity index (χ1v) is 6.29. The van der Waals surface area contributed by atoms with E-state index in [-0.39, 0.29) is 5.84 Å². The number of benzene rings is 2. The van der Waals surface area contributed by atoms with Crippen molar-refractivity contribution >= 4 is 23.1 Å². The van der Waals surface area contributed by atoms with Crippen molar-refractivity contribution in [1.82, 2.24) is 0 Å². The minimum atomic E-state index is 0.0742. The number of hydrogen-bond acceptors (Lipinski definition) is 4. The van der Waals surface area contributed by atoms with E-state index in [4.69, 9.17) is 22.7 Å². The summed E-state index contributed by atoms with van der Waals surface area (Å²) in [5.74, 6) is 8.07. The predicted molar refractivity (Wildman–Crippen MR) is 84.6 cm³/mol. The number of hydrazine groups is 1. The molecule has 0 aliphatic rings. The van der Waals surface area contributed by atoms with Crippen LogP contribution in [-0.2, 0) is 6.54 Å². The van der Waals surface area contributed by atoms with E-state index in [1.54, 1.807) is 0 Å². The predicted octanol–water partition coefficient (Wildman–Crippen LogP) is 2.05. The molecule has 0 saturated carbocycles. The molecule has 106 valence electrons. The highest BCUT2D eigenvalue weighted by Crippen LogP contribution is 2.13. The fourth-order valence-electron chi connectivity index (χ4n) is 1.60. The summed E-state index contributed by atoms with van der Waals surface area (Å²) in [5.41, 5.74) is 8.25. The number of hydrogen-bond donors (Lipinski definition) is 5. The van der Waals surface area contributed by atoms with Crippen molar-refractivity contribution in [3.63, 3.8) is 0 Å². The Morgan fingerprint density at radius 1 is 1.10 bits per heavy atom. The molecule has 0 atom stereocenters. The normalized spacial score (nSPS) is 9.35. The largest absolute Gasteiger partial charge is 0.384 e. The molecule has 20 heavy (non-hydrogen) atoms. The van der Waals surface area contributed by atoms with Gasteiger partial charge in [-0.15, -0.1) is 0 Å². The van der Waals surface area contributed by atoms with Gasteiger partial charge in [-0.2, -0.15) is 0 Å². The van der Waals surface area contributed by atoms with Crippen molar-refractivity contribution in [3.05, 3.63) is 64.7 Å². The Balaban J connectivity index is 0.000000956. The summed E-state index contributed by atoms with van der Waals surface area (Å²) in [7, 11) is 0. The lowest BCUT2D eigenvalue weighted by Crippen LogP contribution is -2.11. The van der Waals surface area contributed by atoms with Crippen LogP contribution >= 0.6 is 11.6 Å². The summed E-state index contributed by atoms with van der Waals surface area (Å²) in [5, 5.41) is 11.4. The van der Waals surface area contributed by atoms with Crippen LogP contribution in [0.25, 0.3) is 0 Å². The van der Waals surface area contributed by atoms with Gasteiger partial charge in [0.2, 0.25) is 0 Å². The van der Waals surface area contributed by atoms with Crippen LogP contribution in [0.2, 0.25) is 5.02 Å². The van der Waals surface area contributed by atoms with Gasteiger partial charge in [0.1, 0.15) is 5.84 Å². The second-order valence-corrected chi connectivity index (χ2v) is 4.41. The number of halogens is 1. The van der Waals surface area contributed by atoms with E-state index in [0.717, 1.165) is 21.8 Å². The number of amidine groups is 1. The van der Waals surface area contributed by atoms with Gasteiger partial charge in [-0.3, -0.25) is 17.1 Å². The maximum absolute atomic E-state index is 7.39. The van der Waals surface area contributed by atoms with Crippen LogP contribution < -0.4 is 22.7 Å². The van der Waals surface area contributed by atoms with Gasteiger partial charge in [0.25, 0.3) is 0 Å². The van der Waals surface area contributed by atoms with Crippen molar-refractivity contribution in [2.45, 2.75) is 6.54 Å². The van der Waals surface area contributed by atoms with E-state index >= 15 is 0 Å². The molecule has 0 aliphatic heterocycles. The molecule has 0 saturated heterocycles. The lowest BCUT2D eigenvalue weighted by molar-refractivity contribution is 1.15. The second kappa shape index (κ2) is 8.16. The van der Waals surface area contributed by atoms with Gasteiger partial charge in [0.05, 0.1) is 0 Å². The molecule has 2 aromatic rings. The lowest BCUT2D eigenvalue weighted by Gasteiger charge is -2.08. The minimum absolute atomic E-state index is 0.0742. The Morgan fingerprint density at radius 3 is 2.35 bits per heavy atom. The third-order valence-electron chi connectivity index (χ3n) is 2.58. The van der Waals surface area contributed by atoms with Crippen LogP contribution in [0, 0.1) is 5.41 Å². The topological polar surface area (TPSA) is 114 Å². The zero-order valence-electron chi connectivity index (χ0n) is 10.9. The highest BCUT2D eigenvalue weighted by atomic mass is 35.5. The Hall–Kier alpha value is -2.08. The van der Waals surface area contributed by atoms with Gasteiger partial charge >= 0.3 is 0 Å². The molecule has 8 N–H and O–H groups in total. The molecule has 0 bridgehead atoms. The van der Waals surface area contributed by atoms with E-state index < -0.39 is 0 Å². The van der Waals surface area contributed by atoms with Crippen molar-refractivity contribution < 1.29 is 0 Å². The first-order chi connectivity index (χ1) is 9.65. The zero-order chi connectivity index (χ0) is 15.0. The van der Waals surface area contributed by atoms with Gasteiger partial charge < -0.3 is 11.1 Å². The summed E-state index contributed by atoms with van der Waals surface area (Å²) in [6, 6.07) is 15.2. The van der Waals surface area contributed by atoms with Gasteiger partial charge in [-0.05, 0) is 29.8 Å². The van der Waals surface area contributed by atoms with Crippen LogP contribution in [0.3, 0.4) is 0 Å². The highest BCUT2D eigenvalue weighted by molar-refractivity contribution is 6.30. The maximum Gasteiger partial charge on any atom is 0.122 e. The Morgan fingerprint density at radius 2 is 1.75 bits per heavy atom. The summed E-state index contributed by atoms with van der Waals surface area (Å²) in [6.45, 7) is 0.707. The number of nitrogens with one attached hydrogen (secondary N) is 2. The molecule has 0 amide bonds. The maximum atomic E-state index is 7.39. The zero-order valence-corrected chi connectivity index (χ0v) is 11.7. The third kappa shape index (κ3) is 4.89. The third-order valence-corrected chi connectivity index (χ3v) is 2.84. The molecule has 5 nitrogen and oxygen atoms in total. The summed E-state index contributed by atoms with van der Waals surface area (Å²) in [4.78, 5) is 0. The number of nitrogen functional groups attached to an aromatic ring is 1. The molecule has 0 aromatic heterocycles. The Bertz CT molecular complexity index is 554. The fourth-order valence-corrected chi connectivity index (χ4v) is 1.73. The fraction of sp³-hybridized carbons (Fsp3) is 0.0714. The number of anilines is 1. The second-order valence-electron chi connectivity index (χ2n) is 3.97. The van der Waals surface area contributed by atoms with Crippen LogP contribution in [0.1, 0.15) is 11.1 Å². The van der Waals surface area contributed by atoms with Crippen LogP contribution in [0.15, 0.2) is 48.5 Å². The van der Waals surface area contributed by atoms with Crippen molar-refractivity contribution in [1.29, 1.82) is 5.41 Å². The first kappa shape index (κ1) is 16.0. The average Bonchev–Trinajstić information content (AvgIpc) is 2.49. The monoisotopic (exact) mass is 291 g/mol. The van der Waals surface area contributed by atoms with Gasteiger partial charge in [-0.25, -0.2) is 0 Å². The van der Waals surface area contributed by atoms with Crippen molar-refractivity contribution in [3.8, 4) is 0 Å². The van der Waals surface area contributed by atoms with Crippen molar-refractivity contribution in [2.75, 3.05) is 5.32 Å². The molecule has 0 unspecified atom stereocenters. The highest BCUT2D eigenvalue weighted by Gasteiger charge is 1.98. The molecule has 0 aliphatic carbocycles. The SMILES string of the molecule is N=C(N)c1cccc(NCc2ccc(Cl)cc2)c1.NN. The Kier molecular flexibility index (Phi) is 6.52. The van der Waals surface area contributed by atoms with E-state index in [1.807, 2.05) is 48.5 Å². The molecule has 0 heterocycles. The van der Waals surface area contributed by atoms with E-state index in [0.29, 0.717) is 6.54 Å². The van der Waals surface area contributed by atoms with Gasteiger partial charge in [-0.1, -0.05) is 35.9 Å². The smallest absolute Gasteiger partial charge is 0.122 e. The van der Waals surface area contributed by atoms with Gasteiger partial charge in [0.15, 0.2) is 0 Å². The minimum Gasteiger partial charge on any atom is -0.384 e. The van der Waals surface area contributed by atoms with Crippen LogP contribution in [0.4, 0.5) is 5.69 Å². The quantitative estimate of drug-likeness (QED) is 0.257. The van der Waals surface area contributed by atoms with E-state index in [9.17, 15) is 0 Å². The molecular weight excluding hydrogens is 274 g/mol. The molecule has 2 aromatic carbocycles. The first-order valence-electron chi connectivity index (χ1n) is 5.91. The average molecular weight is 292 g/mol. The van der Waals surface area contributed by atoms with E-state index in [2.05, 4.69) is 17.0 Å². The molecule has 2 rings (SSSR count). The van der Waals surface area contributed by atoms with Gasteiger partial charge in [0, 0.05) is 22.8 Å². The molecule has 6 heteroatoms.